The lowest BCUT2D eigenvalue weighted by Gasteiger charge is -1.98. The number of anilines is 2. The summed E-state index contributed by atoms with van der Waals surface area (Å²) in [6.45, 7) is 1.49. The topological polar surface area (TPSA) is 55.1 Å². The largest absolute Gasteiger partial charge is 0.399 e. The summed E-state index contributed by atoms with van der Waals surface area (Å²) in [6, 6.07) is 18.9. The average Bonchev–Trinajstić information content (AvgIpc) is 2.31. The van der Waals surface area contributed by atoms with Gasteiger partial charge in [0, 0.05) is 18.3 Å². The van der Waals surface area contributed by atoms with Gasteiger partial charge < -0.3 is 11.1 Å². The van der Waals surface area contributed by atoms with Gasteiger partial charge in [0.05, 0.1) is 0 Å². The maximum absolute atomic E-state index is 10.5. The van der Waals surface area contributed by atoms with Crippen molar-refractivity contribution < 1.29 is 4.79 Å². The second-order valence-electron chi connectivity index (χ2n) is 3.46. The van der Waals surface area contributed by atoms with E-state index in [0.717, 1.165) is 11.4 Å². The van der Waals surface area contributed by atoms with Crippen molar-refractivity contribution in [3.05, 3.63) is 60.7 Å². The van der Waals surface area contributed by atoms with Crippen LogP contribution in [0.25, 0.3) is 0 Å². The number of carbonyl (C=O) groups excluding carboxylic acids is 1. The molecule has 0 aromatic heterocycles. The molecule has 2 rings (SSSR count). The Labute approximate surface area is 101 Å². The van der Waals surface area contributed by atoms with E-state index < -0.39 is 0 Å². The van der Waals surface area contributed by atoms with Crippen LogP contribution >= 0.6 is 0 Å². The number of carbonyl (C=O) groups is 1. The standard InChI is InChI=1S/C8H9NO.C6H7N/c1-7(10)9-8-5-3-2-4-6-8;7-6-4-2-1-3-5-6/h2-6H,1H3,(H,9,10);1-5H,7H2. The number of rotatable bonds is 1. The first-order chi connectivity index (χ1) is 8.18. The monoisotopic (exact) mass is 228 g/mol. The van der Waals surface area contributed by atoms with E-state index in [9.17, 15) is 4.79 Å². The Kier molecular flexibility index (Phi) is 5.31. The fourth-order valence-corrected chi connectivity index (χ4v) is 1.18. The SMILES string of the molecule is CC(=O)Nc1ccccc1.Nc1ccccc1. The number of hydrogen-bond donors (Lipinski definition) is 2. The van der Waals surface area contributed by atoms with Crippen molar-refractivity contribution in [2.75, 3.05) is 11.1 Å². The Morgan fingerprint density at radius 3 is 1.76 bits per heavy atom. The third kappa shape index (κ3) is 5.99. The maximum Gasteiger partial charge on any atom is 0.221 e. The molecule has 0 radical (unpaired) electrons. The van der Waals surface area contributed by atoms with Gasteiger partial charge in [0.15, 0.2) is 0 Å². The number of nitrogens with one attached hydrogen (secondary N) is 1. The molecule has 2 aromatic rings. The minimum absolute atomic E-state index is 0.0359. The highest BCUT2D eigenvalue weighted by Crippen LogP contribution is 2.03. The average molecular weight is 228 g/mol. The molecule has 0 bridgehead atoms. The van der Waals surface area contributed by atoms with Crippen LogP contribution in [0.3, 0.4) is 0 Å². The first-order valence-corrected chi connectivity index (χ1v) is 5.31. The summed E-state index contributed by atoms with van der Waals surface area (Å²) in [5.74, 6) is -0.0359. The van der Waals surface area contributed by atoms with Gasteiger partial charge in [0.1, 0.15) is 0 Å². The van der Waals surface area contributed by atoms with Crippen LogP contribution in [0.4, 0.5) is 11.4 Å². The van der Waals surface area contributed by atoms with Crippen LogP contribution in [0.5, 0.6) is 0 Å². The molecule has 0 saturated heterocycles. The summed E-state index contributed by atoms with van der Waals surface area (Å²) in [7, 11) is 0. The van der Waals surface area contributed by atoms with E-state index in [-0.39, 0.29) is 5.91 Å². The smallest absolute Gasteiger partial charge is 0.221 e. The van der Waals surface area contributed by atoms with Crippen molar-refractivity contribution in [2.24, 2.45) is 0 Å². The number of hydrogen-bond acceptors (Lipinski definition) is 2. The summed E-state index contributed by atoms with van der Waals surface area (Å²) in [6.07, 6.45) is 0. The van der Waals surface area contributed by atoms with E-state index in [1.807, 2.05) is 60.7 Å². The van der Waals surface area contributed by atoms with Crippen molar-refractivity contribution in [1.82, 2.24) is 0 Å². The van der Waals surface area contributed by atoms with Gasteiger partial charge in [-0.05, 0) is 24.3 Å². The Hall–Kier alpha value is -2.29. The number of amides is 1. The fraction of sp³-hybridized carbons (Fsp3) is 0.0714. The molecule has 0 saturated carbocycles. The number of nitrogens with two attached hydrogens (primary N) is 1. The first-order valence-electron chi connectivity index (χ1n) is 5.31. The molecule has 0 unspecified atom stereocenters. The molecular formula is C14H16N2O. The van der Waals surface area contributed by atoms with E-state index in [0.29, 0.717) is 0 Å². The van der Waals surface area contributed by atoms with Crippen molar-refractivity contribution in [2.45, 2.75) is 6.92 Å². The summed E-state index contributed by atoms with van der Waals surface area (Å²) in [4.78, 5) is 10.5. The quantitative estimate of drug-likeness (QED) is 0.737. The van der Waals surface area contributed by atoms with Crippen molar-refractivity contribution in [3.8, 4) is 0 Å². The lowest BCUT2D eigenvalue weighted by molar-refractivity contribution is -0.114. The molecular weight excluding hydrogens is 212 g/mol. The van der Waals surface area contributed by atoms with Gasteiger partial charge in [-0.1, -0.05) is 36.4 Å². The molecule has 88 valence electrons. The molecule has 3 N–H and O–H groups in total. The molecule has 0 aliphatic carbocycles. The zero-order chi connectivity index (χ0) is 12.5. The highest BCUT2D eigenvalue weighted by Gasteiger charge is 1.90. The zero-order valence-electron chi connectivity index (χ0n) is 9.76. The van der Waals surface area contributed by atoms with E-state index in [1.54, 1.807) is 0 Å². The van der Waals surface area contributed by atoms with E-state index in [1.165, 1.54) is 6.92 Å². The van der Waals surface area contributed by atoms with Gasteiger partial charge in [-0.15, -0.1) is 0 Å². The van der Waals surface area contributed by atoms with Gasteiger partial charge in [-0.25, -0.2) is 0 Å². The van der Waals surface area contributed by atoms with E-state index >= 15 is 0 Å². The predicted molar refractivity (Wildman–Crippen MR) is 71.6 cm³/mol. The van der Waals surface area contributed by atoms with Crippen LogP contribution in [0, 0.1) is 0 Å². The van der Waals surface area contributed by atoms with Gasteiger partial charge in [-0.2, -0.15) is 0 Å². The number of benzene rings is 2. The highest BCUT2D eigenvalue weighted by molar-refractivity contribution is 5.88. The normalized spacial score (nSPS) is 8.76. The van der Waals surface area contributed by atoms with Gasteiger partial charge in [0.2, 0.25) is 5.91 Å². The van der Waals surface area contributed by atoms with Gasteiger partial charge in [-0.3, -0.25) is 4.79 Å². The molecule has 3 nitrogen and oxygen atoms in total. The van der Waals surface area contributed by atoms with Crippen LogP contribution in [0.2, 0.25) is 0 Å². The minimum atomic E-state index is -0.0359. The Balaban J connectivity index is 0.000000181. The van der Waals surface area contributed by atoms with Crippen LogP contribution in [0.1, 0.15) is 6.92 Å². The van der Waals surface area contributed by atoms with Gasteiger partial charge >= 0.3 is 0 Å². The molecule has 2 aromatic carbocycles. The van der Waals surface area contributed by atoms with Crippen LogP contribution < -0.4 is 11.1 Å². The Morgan fingerprint density at radius 2 is 1.41 bits per heavy atom. The molecule has 0 aliphatic rings. The fourth-order valence-electron chi connectivity index (χ4n) is 1.18. The van der Waals surface area contributed by atoms with E-state index in [2.05, 4.69) is 5.32 Å². The summed E-state index contributed by atoms with van der Waals surface area (Å²) >= 11 is 0. The number of para-hydroxylation sites is 2. The molecule has 3 heteroatoms. The summed E-state index contributed by atoms with van der Waals surface area (Å²) in [5.41, 5.74) is 7.02. The van der Waals surface area contributed by atoms with Gasteiger partial charge in [0.25, 0.3) is 0 Å². The van der Waals surface area contributed by atoms with Crippen molar-refractivity contribution in [3.63, 3.8) is 0 Å². The second-order valence-corrected chi connectivity index (χ2v) is 3.46. The summed E-state index contributed by atoms with van der Waals surface area (Å²) in [5, 5.41) is 2.67. The minimum Gasteiger partial charge on any atom is -0.399 e. The van der Waals surface area contributed by atoms with Crippen LogP contribution in [-0.4, -0.2) is 5.91 Å². The molecule has 0 atom stereocenters. The number of nitrogen functional groups attached to an aromatic ring is 1. The predicted octanol–water partition coefficient (Wildman–Crippen LogP) is 2.91. The molecule has 0 spiro atoms. The lowest BCUT2D eigenvalue weighted by Crippen LogP contribution is -2.04. The molecule has 0 aliphatic heterocycles. The third-order valence-electron chi connectivity index (χ3n) is 1.89. The molecule has 0 fully saturated rings. The molecule has 17 heavy (non-hydrogen) atoms. The molecule has 0 heterocycles. The Morgan fingerprint density at radius 1 is 0.941 bits per heavy atom. The maximum atomic E-state index is 10.5. The lowest BCUT2D eigenvalue weighted by atomic mass is 10.3. The van der Waals surface area contributed by atoms with Crippen molar-refractivity contribution >= 4 is 17.3 Å². The van der Waals surface area contributed by atoms with Crippen LogP contribution in [0.15, 0.2) is 60.7 Å². The third-order valence-corrected chi connectivity index (χ3v) is 1.89. The molecule has 1 amide bonds. The highest BCUT2D eigenvalue weighted by atomic mass is 16.1. The zero-order valence-corrected chi connectivity index (χ0v) is 9.76. The summed E-state index contributed by atoms with van der Waals surface area (Å²) < 4.78 is 0. The second kappa shape index (κ2) is 7.06. The van der Waals surface area contributed by atoms with Crippen molar-refractivity contribution in [1.29, 1.82) is 0 Å². The first kappa shape index (κ1) is 12.8. The van der Waals surface area contributed by atoms with Crippen LogP contribution in [-0.2, 0) is 4.79 Å². The Bertz CT molecular complexity index is 440. The van der Waals surface area contributed by atoms with E-state index in [4.69, 9.17) is 5.73 Å².